The molecule has 1 aromatic heterocycles. The lowest BCUT2D eigenvalue weighted by molar-refractivity contribution is 0.00578. The highest BCUT2D eigenvalue weighted by Crippen LogP contribution is 2.37. The third-order valence-electron chi connectivity index (χ3n) is 5.74. The molecule has 0 radical (unpaired) electrons. The summed E-state index contributed by atoms with van der Waals surface area (Å²) in [6, 6.07) is 7.90. The van der Waals surface area contributed by atoms with Crippen molar-refractivity contribution in [2.45, 2.75) is 72.5 Å². The summed E-state index contributed by atoms with van der Waals surface area (Å²) >= 11 is 0. The molecule has 0 atom stereocenters. The summed E-state index contributed by atoms with van der Waals surface area (Å²) in [6.07, 6.45) is 0. The Labute approximate surface area is 168 Å². The van der Waals surface area contributed by atoms with E-state index in [1.54, 1.807) is 7.11 Å². The molecule has 0 spiro atoms. The Morgan fingerprint density at radius 2 is 1.64 bits per heavy atom. The third kappa shape index (κ3) is 3.97. The molecule has 6 nitrogen and oxygen atoms in total. The van der Waals surface area contributed by atoms with Crippen LogP contribution in [0.25, 0.3) is 0 Å². The number of ether oxygens (including phenoxy) is 2. The van der Waals surface area contributed by atoms with Crippen LogP contribution in [-0.4, -0.2) is 35.2 Å². The zero-order chi connectivity index (χ0) is 20.5. The van der Waals surface area contributed by atoms with Crippen LogP contribution in [0.15, 0.2) is 24.3 Å². The van der Waals surface area contributed by atoms with E-state index in [2.05, 4.69) is 39.7 Å². The summed E-state index contributed by atoms with van der Waals surface area (Å²) in [6.45, 7) is 14.0. The highest BCUT2D eigenvalue weighted by atomic mass is 16.7. The van der Waals surface area contributed by atoms with E-state index in [-0.39, 0.29) is 11.2 Å². The zero-order valence-electron chi connectivity index (χ0n) is 18.0. The van der Waals surface area contributed by atoms with Gasteiger partial charge in [0.25, 0.3) is 0 Å². The van der Waals surface area contributed by atoms with Crippen LogP contribution in [0, 0.1) is 6.92 Å². The summed E-state index contributed by atoms with van der Waals surface area (Å²) in [5.74, 6) is 0.839. The van der Waals surface area contributed by atoms with E-state index >= 15 is 0 Å². The maximum Gasteiger partial charge on any atom is 0.498 e. The molecule has 2 heterocycles. The smallest absolute Gasteiger partial charge is 0.497 e. The topological polar surface area (TPSA) is 54.7 Å². The lowest BCUT2D eigenvalue weighted by Crippen LogP contribution is -2.41. The predicted molar refractivity (Wildman–Crippen MR) is 110 cm³/mol. The zero-order valence-corrected chi connectivity index (χ0v) is 18.0. The molecule has 0 amide bonds. The van der Waals surface area contributed by atoms with E-state index in [0.717, 1.165) is 34.7 Å². The number of aryl methyl sites for hydroxylation is 2. The molecule has 3 rings (SSSR count). The van der Waals surface area contributed by atoms with Crippen molar-refractivity contribution < 1.29 is 18.8 Å². The Bertz CT molecular complexity index is 799. The quantitative estimate of drug-likeness (QED) is 0.684. The molecule has 1 fully saturated rings. The molecule has 1 aliphatic rings. The number of rotatable bonds is 7. The van der Waals surface area contributed by atoms with E-state index in [0.29, 0.717) is 13.2 Å². The average Bonchev–Trinajstić information content (AvgIpc) is 3.07. The van der Waals surface area contributed by atoms with Crippen molar-refractivity contribution in [2.75, 3.05) is 7.11 Å². The van der Waals surface area contributed by atoms with E-state index in [9.17, 15) is 0 Å². The second-order valence-electron chi connectivity index (χ2n) is 8.19. The first-order chi connectivity index (χ1) is 13.2. The standard InChI is InChI=1S/C21H31BN2O4/c1-8-24-18(14-26-13-16-9-11-17(25-7)12-10-16)19(15(2)23-24)22-27-20(3,4)21(5,6)28-22/h9-12H,8,13-14H2,1-7H3. The predicted octanol–water partition coefficient (Wildman–Crippen LogP) is 3.24. The van der Waals surface area contributed by atoms with E-state index in [4.69, 9.17) is 18.8 Å². The molecule has 0 unspecified atom stereocenters. The van der Waals surface area contributed by atoms with E-state index < -0.39 is 7.12 Å². The van der Waals surface area contributed by atoms with Crippen LogP contribution in [0.1, 0.15) is 51.6 Å². The van der Waals surface area contributed by atoms with Crippen LogP contribution in [-0.2, 0) is 33.8 Å². The Morgan fingerprint density at radius 1 is 1.04 bits per heavy atom. The summed E-state index contributed by atoms with van der Waals surface area (Å²) in [4.78, 5) is 0. The fourth-order valence-electron chi connectivity index (χ4n) is 3.31. The normalized spacial score (nSPS) is 17.9. The Morgan fingerprint density at radius 3 is 2.18 bits per heavy atom. The van der Waals surface area contributed by atoms with E-state index in [1.165, 1.54) is 0 Å². The van der Waals surface area contributed by atoms with Crippen LogP contribution in [0.2, 0.25) is 0 Å². The monoisotopic (exact) mass is 386 g/mol. The molecule has 0 saturated carbocycles. The molecule has 1 saturated heterocycles. The number of aromatic nitrogens is 2. The molecule has 0 bridgehead atoms. The molecular weight excluding hydrogens is 355 g/mol. The molecule has 0 aliphatic carbocycles. The molecule has 7 heteroatoms. The van der Waals surface area contributed by atoms with Crippen molar-refractivity contribution in [3.05, 3.63) is 41.2 Å². The van der Waals surface area contributed by atoms with Crippen molar-refractivity contribution in [2.24, 2.45) is 0 Å². The highest BCUT2D eigenvalue weighted by molar-refractivity contribution is 6.63. The molecule has 152 valence electrons. The van der Waals surface area contributed by atoms with Crippen LogP contribution in [0.4, 0.5) is 0 Å². The van der Waals surface area contributed by atoms with Gasteiger partial charge in [0.1, 0.15) is 5.75 Å². The van der Waals surface area contributed by atoms with Crippen LogP contribution < -0.4 is 10.2 Å². The van der Waals surface area contributed by atoms with Crippen LogP contribution in [0.3, 0.4) is 0 Å². The van der Waals surface area contributed by atoms with Gasteiger partial charge in [-0.15, -0.1) is 0 Å². The van der Waals surface area contributed by atoms with Gasteiger partial charge in [-0.05, 0) is 59.2 Å². The number of nitrogens with zero attached hydrogens (tertiary/aromatic N) is 2. The lowest BCUT2D eigenvalue weighted by Gasteiger charge is -2.32. The second kappa shape index (κ2) is 7.89. The largest absolute Gasteiger partial charge is 0.498 e. The highest BCUT2D eigenvalue weighted by Gasteiger charge is 2.53. The van der Waals surface area contributed by atoms with Gasteiger partial charge in [0.05, 0.1) is 42.9 Å². The second-order valence-corrected chi connectivity index (χ2v) is 8.19. The Hall–Kier alpha value is -1.83. The van der Waals surface area contributed by atoms with Crippen molar-refractivity contribution in [1.82, 2.24) is 9.78 Å². The Balaban J connectivity index is 1.77. The number of benzene rings is 1. The first-order valence-corrected chi connectivity index (χ1v) is 9.81. The van der Waals surface area contributed by atoms with Crippen molar-refractivity contribution in [3.63, 3.8) is 0 Å². The molecule has 1 aliphatic heterocycles. The van der Waals surface area contributed by atoms with Gasteiger partial charge in [-0.25, -0.2) is 0 Å². The maximum absolute atomic E-state index is 6.27. The van der Waals surface area contributed by atoms with Crippen molar-refractivity contribution >= 4 is 12.6 Å². The molecule has 0 N–H and O–H groups in total. The molecule has 28 heavy (non-hydrogen) atoms. The van der Waals surface area contributed by atoms with Gasteiger partial charge < -0.3 is 18.8 Å². The average molecular weight is 386 g/mol. The Kier molecular flexibility index (Phi) is 5.89. The van der Waals surface area contributed by atoms with Gasteiger partial charge in [-0.3, -0.25) is 4.68 Å². The molecule has 2 aromatic rings. The summed E-state index contributed by atoms with van der Waals surface area (Å²) in [5, 5.41) is 4.68. The van der Waals surface area contributed by atoms with E-state index in [1.807, 2.05) is 35.9 Å². The summed E-state index contributed by atoms with van der Waals surface area (Å²) < 4.78 is 25.8. The van der Waals surface area contributed by atoms with Gasteiger partial charge in [-0.1, -0.05) is 12.1 Å². The first-order valence-electron chi connectivity index (χ1n) is 9.81. The first kappa shape index (κ1) is 20.9. The van der Waals surface area contributed by atoms with Gasteiger partial charge in [0.2, 0.25) is 0 Å². The SMILES string of the molecule is CCn1nc(C)c(B2OC(C)(C)C(C)(C)O2)c1COCc1ccc(OC)cc1. The maximum atomic E-state index is 6.27. The fraction of sp³-hybridized carbons (Fsp3) is 0.571. The van der Waals surface area contributed by atoms with Gasteiger partial charge >= 0.3 is 7.12 Å². The van der Waals surface area contributed by atoms with Crippen molar-refractivity contribution in [3.8, 4) is 5.75 Å². The third-order valence-corrected chi connectivity index (χ3v) is 5.74. The molecular formula is C21H31BN2O4. The summed E-state index contributed by atoms with van der Waals surface area (Å²) in [7, 11) is 1.22. The van der Waals surface area contributed by atoms with Gasteiger partial charge in [0.15, 0.2) is 0 Å². The van der Waals surface area contributed by atoms with Crippen molar-refractivity contribution in [1.29, 1.82) is 0 Å². The lowest BCUT2D eigenvalue weighted by atomic mass is 9.77. The van der Waals surface area contributed by atoms with Gasteiger partial charge in [0, 0.05) is 12.0 Å². The van der Waals surface area contributed by atoms with Crippen LogP contribution >= 0.6 is 0 Å². The number of methoxy groups -OCH3 is 1. The summed E-state index contributed by atoms with van der Waals surface area (Å²) in [5.41, 5.74) is 3.22. The minimum absolute atomic E-state index is 0.389. The fourth-order valence-corrected chi connectivity index (χ4v) is 3.31. The minimum atomic E-state index is -0.440. The minimum Gasteiger partial charge on any atom is -0.497 e. The van der Waals surface area contributed by atoms with Gasteiger partial charge in [-0.2, -0.15) is 5.10 Å². The number of hydrogen-bond donors (Lipinski definition) is 0. The molecule has 1 aromatic carbocycles. The number of hydrogen-bond acceptors (Lipinski definition) is 5. The van der Waals surface area contributed by atoms with Crippen LogP contribution in [0.5, 0.6) is 5.75 Å².